The van der Waals surface area contributed by atoms with Gasteiger partial charge in [0.25, 0.3) is 0 Å². The minimum absolute atomic E-state index is 1.16. The molecule has 0 saturated carbocycles. The van der Waals surface area contributed by atoms with Gasteiger partial charge in [0.05, 0.1) is 5.92 Å². The van der Waals surface area contributed by atoms with Crippen LogP contribution in [-0.2, 0) is 0 Å². The minimum Gasteiger partial charge on any atom is -0.0622 e. The fraction of sp³-hybridized carbons (Fsp3) is 0.0659. The van der Waals surface area contributed by atoms with E-state index >= 15 is 0 Å². The van der Waals surface area contributed by atoms with Crippen LogP contribution >= 0.6 is 0 Å². The molecule has 0 aromatic heterocycles. The predicted octanol–water partition coefficient (Wildman–Crippen LogP) is 25.1. The molecule has 0 amide bonds. The first kappa shape index (κ1) is 55.4. The number of hydrogen-bond acceptors (Lipinski definition) is 0. The molecule has 0 heterocycles. The van der Waals surface area contributed by atoms with E-state index in [-0.39, 0.29) is 0 Å². The summed E-state index contributed by atoms with van der Waals surface area (Å²) < 4.78 is 0. The molecule has 16 aromatic carbocycles. The minimum atomic E-state index is 1.16. The summed E-state index contributed by atoms with van der Waals surface area (Å²) in [7, 11) is 0. The standard InChI is InChI=1S/C91H67/c1-56-51-58(3)80(59(4)52-56)86-70-43-23-27-47-74(70)89(75-48-28-24-44-71(75)86)91(90-76-49-29-25-45-72(76)87(73-46-26-30-50-77(73)90)81-60(5)53-57(2)54-61(81)6)88-68-41-21-19-39-66(68)85(67-40-20-22-42-69(67)88)79-55-78(62-31-11-7-12-32-62)82(63-33-13-8-14-34-63)84(65-37-17-10-18-38-65)83(79)64-35-15-9-16-36-64/h7-55H,1-6H3. The summed E-state index contributed by atoms with van der Waals surface area (Å²) in [6.45, 7) is 13.6. The van der Waals surface area contributed by atoms with Crippen LogP contribution in [0.1, 0.15) is 50.1 Å². The molecule has 91 heavy (non-hydrogen) atoms. The van der Waals surface area contributed by atoms with Crippen molar-refractivity contribution in [2.75, 3.05) is 0 Å². The summed E-state index contributed by atoms with van der Waals surface area (Å²) in [6.07, 6.45) is 0. The Bertz CT molecular complexity index is 5160. The average molecular weight is 1160 g/mol. The van der Waals surface area contributed by atoms with Gasteiger partial charge >= 0.3 is 0 Å². The lowest BCUT2D eigenvalue weighted by Crippen LogP contribution is -2.11. The molecule has 0 aliphatic heterocycles. The number of benzene rings is 16. The van der Waals surface area contributed by atoms with Crippen LogP contribution in [-0.4, -0.2) is 0 Å². The smallest absolute Gasteiger partial charge is 0.0622 e. The van der Waals surface area contributed by atoms with Crippen LogP contribution < -0.4 is 0 Å². The lowest BCUT2D eigenvalue weighted by Gasteiger charge is -2.31. The monoisotopic (exact) mass is 1160 g/mol. The van der Waals surface area contributed by atoms with Crippen LogP contribution in [0, 0.1) is 47.5 Å². The van der Waals surface area contributed by atoms with E-state index in [2.05, 4.69) is 339 Å². The van der Waals surface area contributed by atoms with Gasteiger partial charge in [-0.25, -0.2) is 0 Å². The van der Waals surface area contributed by atoms with Gasteiger partial charge in [-0.3, -0.25) is 0 Å². The van der Waals surface area contributed by atoms with Crippen molar-refractivity contribution in [1.82, 2.24) is 0 Å². The third kappa shape index (κ3) is 9.11. The van der Waals surface area contributed by atoms with Crippen LogP contribution in [0.5, 0.6) is 0 Å². The second kappa shape index (κ2) is 22.6. The predicted molar refractivity (Wildman–Crippen MR) is 391 cm³/mol. The molecule has 0 aliphatic rings. The molecule has 0 heteroatoms. The SMILES string of the molecule is Cc1cc(C)c(-c2c3ccccc3c([C](c3c4ccccc4c(-c4cc(-c5ccccc5)c(-c5ccccc5)c(-c5ccccc5)c4-c4ccccc4)c4ccccc34)c3c4ccccc4c(-c4c(C)cc(C)cc4C)c4ccccc34)c3ccccc23)c(C)c1. The third-order valence-corrected chi connectivity index (χ3v) is 19.3. The lowest BCUT2D eigenvalue weighted by molar-refractivity contribution is 1.32. The highest BCUT2D eigenvalue weighted by Crippen LogP contribution is 2.57. The van der Waals surface area contributed by atoms with Crippen molar-refractivity contribution in [3.8, 4) is 77.9 Å². The molecule has 0 nitrogen and oxygen atoms in total. The summed E-state index contributed by atoms with van der Waals surface area (Å²) in [4.78, 5) is 0. The van der Waals surface area contributed by atoms with Crippen LogP contribution in [0.25, 0.3) is 143 Å². The van der Waals surface area contributed by atoms with Crippen molar-refractivity contribution >= 4 is 64.6 Å². The Kier molecular flexibility index (Phi) is 13.8. The first-order chi connectivity index (χ1) is 44.7. The molecule has 1 radical (unpaired) electrons. The zero-order chi connectivity index (χ0) is 61.4. The Morgan fingerprint density at radius 3 is 0.703 bits per heavy atom. The number of hydrogen-bond donors (Lipinski definition) is 0. The second-order valence-corrected chi connectivity index (χ2v) is 25.0. The zero-order valence-corrected chi connectivity index (χ0v) is 52.3. The van der Waals surface area contributed by atoms with Gasteiger partial charge in [-0.05, 0) is 229 Å². The molecule has 16 rings (SSSR count). The molecular formula is C91H67. The average Bonchev–Trinajstić information content (AvgIpc) is 0.707. The lowest BCUT2D eigenvalue weighted by atomic mass is 9.71. The molecule has 0 aliphatic carbocycles. The van der Waals surface area contributed by atoms with Gasteiger partial charge in [-0.15, -0.1) is 0 Å². The van der Waals surface area contributed by atoms with E-state index in [0.29, 0.717) is 0 Å². The topological polar surface area (TPSA) is 0 Å². The first-order valence-electron chi connectivity index (χ1n) is 32.0. The Labute approximate surface area is 534 Å². The van der Waals surface area contributed by atoms with Crippen molar-refractivity contribution in [1.29, 1.82) is 0 Å². The largest absolute Gasteiger partial charge is 0.0667 e. The zero-order valence-electron chi connectivity index (χ0n) is 52.3. The fourth-order valence-corrected chi connectivity index (χ4v) is 16.0. The molecule has 0 unspecified atom stereocenters. The molecular weight excluding hydrogens is 1090 g/mol. The second-order valence-electron chi connectivity index (χ2n) is 25.0. The van der Waals surface area contributed by atoms with E-state index in [9.17, 15) is 0 Å². The first-order valence-corrected chi connectivity index (χ1v) is 32.0. The van der Waals surface area contributed by atoms with Gasteiger partial charge in [0.2, 0.25) is 0 Å². The summed E-state index contributed by atoms with van der Waals surface area (Å²) in [6, 6.07) is 112. The van der Waals surface area contributed by atoms with Gasteiger partial charge in [0, 0.05) is 0 Å². The van der Waals surface area contributed by atoms with E-state index in [1.54, 1.807) is 0 Å². The van der Waals surface area contributed by atoms with Crippen molar-refractivity contribution in [3.63, 3.8) is 0 Å². The number of rotatable bonds is 10. The van der Waals surface area contributed by atoms with E-state index < -0.39 is 0 Å². The van der Waals surface area contributed by atoms with E-state index in [4.69, 9.17) is 0 Å². The van der Waals surface area contributed by atoms with Gasteiger partial charge in [-0.1, -0.05) is 302 Å². The summed E-state index contributed by atoms with van der Waals surface area (Å²) >= 11 is 0. The summed E-state index contributed by atoms with van der Waals surface area (Å²) in [5.41, 5.74) is 28.3. The highest BCUT2D eigenvalue weighted by molar-refractivity contribution is 6.26. The Morgan fingerprint density at radius 1 is 0.176 bits per heavy atom. The normalized spacial score (nSPS) is 11.7. The maximum absolute atomic E-state index is 2.54. The molecule has 0 bridgehead atoms. The Balaban J connectivity index is 1.13. The third-order valence-electron chi connectivity index (χ3n) is 19.3. The van der Waals surface area contributed by atoms with Crippen LogP contribution in [0.15, 0.2) is 297 Å². The maximum atomic E-state index is 2.54. The summed E-state index contributed by atoms with van der Waals surface area (Å²) in [5, 5.41) is 14.5. The molecule has 0 saturated heterocycles. The van der Waals surface area contributed by atoms with Crippen molar-refractivity contribution in [2.45, 2.75) is 41.5 Å². The van der Waals surface area contributed by atoms with Gasteiger partial charge in [0.1, 0.15) is 0 Å². The molecule has 0 fully saturated rings. The molecule has 431 valence electrons. The quantitative estimate of drug-likeness (QED) is 0.0946. The maximum Gasteiger partial charge on any atom is 0.0667 e. The fourth-order valence-electron chi connectivity index (χ4n) is 16.0. The van der Waals surface area contributed by atoms with Gasteiger partial charge < -0.3 is 0 Å². The highest BCUT2D eigenvalue weighted by Gasteiger charge is 2.35. The van der Waals surface area contributed by atoms with Crippen molar-refractivity contribution in [2.24, 2.45) is 0 Å². The highest BCUT2D eigenvalue weighted by atomic mass is 14.4. The molecule has 0 N–H and O–H groups in total. The van der Waals surface area contributed by atoms with E-state index in [1.165, 1.54) is 182 Å². The van der Waals surface area contributed by atoms with Gasteiger partial charge in [-0.2, -0.15) is 0 Å². The van der Waals surface area contributed by atoms with E-state index in [0.717, 1.165) is 16.7 Å². The number of aryl methyl sites for hydroxylation is 6. The summed E-state index contributed by atoms with van der Waals surface area (Å²) in [5.74, 6) is 1.21. The van der Waals surface area contributed by atoms with Gasteiger partial charge in [0.15, 0.2) is 0 Å². The molecule has 16 aromatic rings. The van der Waals surface area contributed by atoms with Crippen molar-refractivity contribution < 1.29 is 0 Å². The van der Waals surface area contributed by atoms with Crippen molar-refractivity contribution in [3.05, 3.63) is 353 Å². The van der Waals surface area contributed by atoms with Crippen LogP contribution in [0.4, 0.5) is 0 Å². The van der Waals surface area contributed by atoms with E-state index in [1.807, 2.05) is 0 Å². The molecule has 0 spiro atoms. The Hall–Kier alpha value is -10.9. The van der Waals surface area contributed by atoms with Crippen LogP contribution in [0.3, 0.4) is 0 Å². The Morgan fingerprint density at radius 2 is 0.407 bits per heavy atom. The molecule has 0 atom stereocenters. The number of fused-ring (bicyclic) bond motifs is 6. The van der Waals surface area contributed by atoms with Crippen LogP contribution in [0.2, 0.25) is 0 Å².